The monoisotopic (exact) mass is 303 g/mol. The van der Waals surface area contributed by atoms with E-state index < -0.39 is 11.7 Å². The number of nitrogens with one attached hydrogen (secondary N) is 1. The van der Waals surface area contributed by atoms with Crippen molar-refractivity contribution in [3.63, 3.8) is 0 Å². The largest absolute Gasteiger partial charge is 0.493 e. The molecule has 0 amide bonds. The van der Waals surface area contributed by atoms with Crippen molar-refractivity contribution in [3.05, 3.63) is 23.3 Å². The molecule has 1 aliphatic heterocycles. The molecule has 1 fully saturated rings. The third-order valence-electron chi connectivity index (χ3n) is 3.91. The van der Waals surface area contributed by atoms with E-state index in [0.717, 1.165) is 32.0 Å². The van der Waals surface area contributed by atoms with Gasteiger partial charge in [0.25, 0.3) is 0 Å². The lowest BCUT2D eigenvalue weighted by Crippen LogP contribution is -2.29. The predicted molar refractivity (Wildman–Crippen MR) is 73.8 cm³/mol. The fourth-order valence-corrected chi connectivity index (χ4v) is 2.83. The van der Waals surface area contributed by atoms with Gasteiger partial charge in [0.2, 0.25) is 0 Å². The Labute approximate surface area is 122 Å². The van der Waals surface area contributed by atoms with Crippen LogP contribution in [0.1, 0.15) is 24.0 Å². The molecule has 1 aromatic rings. The Balaban J connectivity index is 2.42. The molecule has 0 aromatic heterocycles. The summed E-state index contributed by atoms with van der Waals surface area (Å²) in [6.07, 6.45) is -2.28. The lowest BCUT2D eigenvalue weighted by atomic mass is 9.88. The first-order valence-corrected chi connectivity index (χ1v) is 6.99. The van der Waals surface area contributed by atoms with Gasteiger partial charge in [0.15, 0.2) is 11.5 Å². The number of hydrogen-bond acceptors (Lipinski definition) is 3. The summed E-state index contributed by atoms with van der Waals surface area (Å²) in [5.74, 6) is 0.772. The summed E-state index contributed by atoms with van der Waals surface area (Å²) in [5.41, 5.74) is -0.421. The van der Waals surface area contributed by atoms with Crippen molar-refractivity contribution in [1.82, 2.24) is 5.32 Å². The molecule has 21 heavy (non-hydrogen) atoms. The van der Waals surface area contributed by atoms with Crippen LogP contribution in [0, 0.1) is 5.92 Å². The summed E-state index contributed by atoms with van der Waals surface area (Å²) in [4.78, 5) is 0. The quantitative estimate of drug-likeness (QED) is 0.926. The molecule has 0 unspecified atom stereocenters. The van der Waals surface area contributed by atoms with Gasteiger partial charge in [-0.25, -0.2) is 0 Å². The van der Waals surface area contributed by atoms with Crippen LogP contribution in [0.15, 0.2) is 12.1 Å². The van der Waals surface area contributed by atoms with Crippen molar-refractivity contribution >= 4 is 0 Å². The van der Waals surface area contributed by atoms with Crippen molar-refractivity contribution in [3.8, 4) is 11.5 Å². The van der Waals surface area contributed by atoms with Crippen molar-refractivity contribution in [1.29, 1.82) is 0 Å². The number of hydrogen-bond donors (Lipinski definition) is 1. The molecular weight excluding hydrogens is 283 g/mol. The predicted octanol–water partition coefficient (Wildman–Crippen LogP) is 3.26. The lowest BCUT2D eigenvalue weighted by Gasteiger charge is -2.25. The first-order valence-electron chi connectivity index (χ1n) is 6.99. The van der Waals surface area contributed by atoms with E-state index >= 15 is 0 Å². The van der Waals surface area contributed by atoms with E-state index in [2.05, 4.69) is 5.32 Å². The van der Waals surface area contributed by atoms with Gasteiger partial charge in [0, 0.05) is 5.56 Å². The van der Waals surface area contributed by atoms with Crippen molar-refractivity contribution in [2.45, 2.75) is 25.4 Å². The standard InChI is InChI=1S/C15H20F3NO2/c1-20-13-4-3-12(15(16,17)18)11(14(13)21-2)9-10-5-7-19-8-6-10/h3-4,10,19H,5-9H2,1-2H3. The maximum absolute atomic E-state index is 13.2. The summed E-state index contributed by atoms with van der Waals surface area (Å²) in [6.45, 7) is 1.69. The molecule has 0 bridgehead atoms. The van der Waals surface area contributed by atoms with Crippen LogP contribution in [-0.2, 0) is 12.6 Å². The van der Waals surface area contributed by atoms with Gasteiger partial charge in [0.1, 0.15) is 0 Å². The maximum atomic E-state index is 13.2. The molecular formula is C15H20F3NO2. The number of rotatable bonds is 4. The van der Waals surface area contributed by atoms with Crippen molar-refractivity contribution in [2.75, 3.05) is 27.3 Å². The minimum absolute atomic E-state index is 0.200. The zero-order valence-corrected chi connectivity index (χ0v) is 12.2. The summed E-state index contributed by atoms with van der Waals surface area (Å²) in [6, 6.07) is 2.39. The Morgan fingerprint density at radius 1 is 1.14 bits per heavy atom. The molecule has 1 aliphatic rings. The summed E-state index contributed by atoms with van der Waals surface area (Å²) in [5, 5.41) is 3.22. The molecule has 1 N–H and O–H groups in total. The molecule has 118 valence electrons. The highest BCUT2D eigenvalue weighted by Crippen LogP contribution is 2.42. The van der Waals surface area contributed by atoms with E-state index in [4.69, 9.17) is 9.47 Å². The maximum Gasteiger partial charge on any atom is 0.416 e. The van der Waals surface area contributed by atoms with Gasteiger partial charge < -0.3 is 14.8 Å². The fourth-order valence-electron chi connectivity index (χ4n) is 2.83. The van der Waals surface area contributed by atoms with Gasteiger partial charge in [-0.15, -0.1) is 0 Å². The van der Waals surface area contributed by atoms with E-state index in [9.17, 15) is 13.2 Å². The number of methoxy groups -OCH3 is 2. The molecule has 3 nitrogen and oxygen atoms in total. The van der Waals surface area contributed by atoms with E-state index in [1.54, 1.807) is 0 Å². The molecule has 0 radical (unpaired) electrons. The highest BCUT2D eigenvalue weighted by atomic mass is 19.4. The first-order chi connectivity index (χ1) is 9.97. The first kappa shape index (κ1) is 15.9. The van der Waals surface area contributed by atoms with Gasteiger partial charge in [-0.1, -0.05) is 0 Å². The average molecular weight is 303 g/mol. The lowest BCUT2D eigenvalue weighted by molar-refractivity contribution is -0.138. The second kappa shape index (κ2) is 6.56. The highest BCUT2D eigenvalue weighted by Gasteiger charge is 2.36. The Bertz CT molecular complexity index is 483. The van der Waals surface area contributed by atoms with E-state index in [1.807, 2.05) is 0 Å². The molecule has 6 heteroatoms. The SMILES string of the molecule is COc1ccc(C(F)(F)F)c(CC2CCNCC2)c1OC. The molecule has 1 heterocycles. The number of benzene rings is 1. The van der Waals surface area contributed by atoms with Crippen LogP contribution in [0.3, 0.4) is 0 Å². The van der Waals surface area contributed by atoms with Crippen LogP contribution in [0.25, 0.3) is 0 Å². The van der Waals surface area contributed by atoms with Crippen LogP contribution in [0.2, 0.25) is 0 Å². The zero-order chi connectivity index (χ0) is 15.5. The summed E-state index contributed by atoms with van der Waals surface area (Å²) >= 11 is 0. The highest BCUT2D eigenvalue weighted by molar-refractivity contribution is 5.52. The third-order valence-corrected chi connectivity index (χ3v) is 3.91. The van der Waals surface area contributed by atoms with Crippen LogP contribution in [-0.4, -0.2) is 27.3 Å². The van der Waals surface area contributed by atoms with E-state index in [0.29, 0.717) is 12.2 Å². The van der Waals surface area contributed by atoms with Gasteiger partial charge >= 0.3 is 6.18 Å². The van der Waals surface area contributed by atoms with Gasteiger partial charge in [-0.2, -0.15) is 13.2 Å². The molecule has 2 rings (SSSR count). The second-order valence-corrected chi connectivity index (χ2v) is 5.22. The van der Waals surface area contributed by atoms with Crippen LogP contribution in [0.5, 0.6) is 11.5 Å². The smallest absolute Gasteiger partial charge is 0.416 e. The van der Waals surface area contributed by atoms with Gasteiger partial charge in [-0.3, -0.25) is 0 Å². The molecule has 0 saturated carbocycles. The minimum Gasteiger partial charge on any atom is -0.493 e. The Morgan fingerprint density at radius 3 is 2.33 bits per heavy atom. The molecule has 1 saturated heterocycles. The molecule has 0 spiro atoms. The Kier molecular flexibility index (Phi) is 4.98. The molecule has 1 aromatic carbocycles. The minimum atomic E-state index is -4.39. The number of ether oxygens (including phenoxy) is 2. The van der Waals surface area contributed by atoms with Gasteiger partial charge in [-0.05, 0) is 50.4 Å². The van der Waals surface area contributed by atoms with E-state index in [1.165, 1.54) is 20.3 Å². The van der Waals surface area contributed by atoms with Crippen molar-refractivity contribution < 1.29 is 22.6 Å². The number of halogens is 3. The number of piperidine rings is 1. The van der Waals surface area contributed by atoms with Gasteiger partial charge in [0.05, 0.1) is 19.8 Å². The molecule has 0 atom stereocenters. The van der Waals surface area contributed by atoms with Crippen LogP contribution >= 0.6 is 0 Å². The van der Waals surface area contributed by atoms with Crippen molar-refractivity contribution in [2.24, 2.45) is 5.92 Å². The third kappa shape index (κ3) is 3.61. The second-order valence-electron chi connectivity index (χ2n) is 5.22. The van der Waals surface area contributed by atoms with E-state index in [-0.39, 0.29) is 17.2 Å². The average Bonchev–Trinajstić information content (AvgIpc) is 2.46. The summed E-state index contributed by atoms with van der Waals surface area (Å²) < 4.78 is 50.1. The van der Waals surface area contributed by atoms with Crippen LogP contribution in [0.4, 0.5) is 13.2 Å². The Morgan fingerprint density at radius 2 is 1.81 bits per heavy atom. The van der Waals surface area contributed by atoms with Crippen LogP contribution < -0.4 is 14.8 Å². The topological polar surface area (TPSA) is 30.5 Å². The Hall–Kier alpha value is -1.43. The normalized spacial score (nSPS) is 16.8. The zero-order valence-electron chi connectivity index (χ0n) is 12.2. The molecule has 0 aliphatic carbocycles. The number of alkyl halides is 3. The fraction of sp³-hybridized carbons (Fsp3) is 0.600. The summed E-state index contributed by atoms with van der Waals surface area (Å²) in [7, 11) is 2.81.